The Morgan fingerprint density at radius 2 is 2.03 bits per heavy atom. The molecule has 0 saturated heterocycles. The molecule has 0 aliphatic heterocycles. The van der Waals surface area contributed by atoms with E-state index in [1.165, 1.54) is 23.0 Å². The smallest absolute Gasteiger partial charge is 0.280 e. The van der Waals surface area contributed by atoms with Crippen molar-refractivity contribution in [1.29, 1.82) is 0 Å². The molecule has 0 bridgehead atoms. The van der Waals surface area contributed by atoms with Gasteiger partial charge >= 0.3 is 0 Å². The quantitative estimate of drug-likeness (QED) is 0.613. The first kappa shape index (κ1) is 19.5. The van der Waals surface area contributed by atoms with Crippen molar-refractivity contribution in [2.45, 2.75) is 38.3 Å². The van der Waals surface area contributed by atoms with Gasteiger partial charge in [-0.1, -0.05) is 29.8 Å². The van der Waals surface area contributed by atoms with E-state index in [1.807, 2.05) is 0 Å². The maximum absolute atomic E-state index is 13.8. The number of aromatic nitrogens is 4. The number of carbonyl (C=O) groups is 1. The third-order valence-electron chi connectivity index (χ3n) is 4.61. The molecular formula is C19H17ClF3N5O. The van der Waals surface area contributed by atoms with Crippen LogP contribution in [0, 0.1) is 5.82 Å². The highest BCUT2D eigenvalue weighted by Gasteiger charge is 2.29. The highest BCUT2D eigenvalue weighted by molar-refractivity contribution is 6.33. The van der Waals surface area contributed by atoms with Gasteiger partial charge in [0.25, 0.3) is 6.43 Å². The number of hydrogen-bond acceptors (Lipinski definition) is 3. The average molecular weight is 424 g/mol. The van der Waals surface area contributed by atoms with Crippen LogP contribution >= 0.6 is 11.6 Å². The number of benzene rings is 1. The largest absolute Gasteiger partial charge is 0.306 e. The molecule has 1 N–H and O–H groups in total. The molecule has 4 rings (SSSR count). The van der Waals surface area contributed by atoms with Crippen molar-refractivity contribution in [1.82, 2.24) is 19.6 Å². The molecule has 2 heterocycles. The number of nitrogens with one attached hydrogen (secondary N) is 1. The molecule has 6 nitrogen and oxygen atoms in total. The zero-order valence-corrected chi connectivity index (χ0v) is 15.9. The van der Waals surface area contributed by atoms with Gasteiger partial charge in [-0.05, 0) is 25.0 Å². The van der Waals surface area contributed by atoms with Crippen molar-refractivity contribution >= 4 is 23.3 Å². The van der Waals surface area contributed by atoms with Crippen molar-refractivity contribution in [2.24, 2.45) is 0 Å². The lowest BCUT2D eigenvalue weighted by atomic mass is 10.2. The number of anilines is 1. The Kier molecular flexibility index (Phi) is 5.31. The normalized spacial score (nSPS) is 13.8. The van der Waals surface area contributed by atoms with Crippen molar-refractivity contribution in [3.8, 4) is 0 Å². The molecule has 1 aliphatic rings. The molecule has 10 heteroatoms. The number of amides is 1. The van der Waals surface area contributed by atoms with Gasteiger partial charge in [0, 0.05) is 17.7 Å². The summed E-state index contributed by atoms with van der Waals surface area (Å²) >= 11 is 6.10. The van der Waals surface area contributed by atoms with E-state index in [2.05, 4.69) is 15.5 Å². The van der Waals surface area contributed by atoms with Gasteiger partial charge in [-0.25, -0.2) is 13.2 Å². The Morgan fingerprint density at radius 1 is 1.28 bits per heavy atom. The van der Waals surface area contributed by atoms with Crippen LogP contribution in [0.3, 0.4) is 0 Å². The lowest BCUT2D eigenvalue weighted by Crippen LogP contribution is -2.21. The molecule has 152 valence electrons. The van der Waals surface area contributed by atoms with Crippen LogP contribution in [0.4, 0.5) is 19.0 Å². The van der Waals surface area contributed by atoms with Crippen LogP contribution in [0.2, 0.25) is 5.02 Å². The topological polar surface area (TPSA) is 64.7 Å². The van der Waals surface area contributed by atoms with Crippen LogP contribution < -0.4 is 5.32 Å². The Balaban J connectivity index is 1.45. The molecule has 29 heavy (non-hydrogen) atoms. The number of hydrogen-bond donors (Lipinski definition) is 1. The van der Waals surface area contributed by atoms with Crippen LogP contribution in [-0.2, 0) is 17.9 Å². The first-order valence-electron chi connectivity index (χ1n) is 9.02. The van der Waals surface area contributed by atoms with E-state index in [-0.39, 0.29) is 41.4 Å². The zero-order valence-electron chi connectivity index (χ0n) is 15.2. The van der Waals surface area contributed by atoms with E-state index in [4.69, 9.17) is 11.6 Å². The van der Waals surface area contributed by atoms with E-state index in [0.29, 0.717) is 11.3 Å². The highest BCUT2D eigenvalue weighted by Crippen LogP contribution is 2.40. The number of rotatable bonds is 7. The minimum atomic E-state index is -2.73. The molecule has 3 aromatic rings. The van der Waals surface area contributed by atoms with E-state index in [9.17, 15) is 18.0 Å². The summed E-state index contributed by atoms with van der Waals surface area (Å²) < 4.78 is 42.7. The number of nitrogens with zero attached hydrogens (tertiary/aromatic N) is 4. The Labute approximate surface area is 169 Å². The summed E-state index contributed by atoms with van der Waals surface area (Å²) in [6, 6.07) is 7.59. The van der Waals surface area contributed by atoms with Crippen LogP contribution in [0.5, 0.6) is 0 Å². The second-order valence-corrected chi connectivity index (χ2v) is 7.30. The monoisotopic (exact) mass is 423 g/mol. The van der Waals surface area contributed by atoms with Gasteiger partial charge in [0.2, 0.25) is 5.91 Å². The fraction of sp³-hybridized carbons (Fsp3) is 0.316. The van der Waals surface area contributed by atoms with Crippen molar-refractivity contribution in [3.63, 3.8) is 0 Å². The SMILES string of the molecule is O=C(Cn1nc(C2CC2)cc1C(F)F)Nc1nn(Cc2ccccc2F)cc1Cl. The predicted octanol–water partition coefficient (Wildman–Crippen LogP) is 4.37. The number of carbonyl (C=O) groups excluding carboxylic acids is 1. The van der Waals surface area contributed by atoms with E-state index < -0.39 is 12.3 Å². The van der Waals surface area contributed by atoms with Crippen LogP contribution in [0.1, 0.15) is 42.1 Å². The molecule has 1 aromatic carbocycles. The average Bonchev–Trinajstić information content (AvgIpc) is 3.34. The lowest BCUT2D eigenvalue weighted by molar-refractivity contribution is -0.117. The third-order valence-corrected chi connectivity index (χ3v) is 4.88. The maximum Gasteiger partial charge on any atom is 0.280 e. The van der Waals surface area contributed by atoms with Gasteiger partial charge in [-0.15, -0.1) is 0 Å². The van der Waals surface area contributed by atoms with Gasteiger partial charge in [0.1, 0.15) is 23.1 Å². The summed E-state index contributed by atoms with van der Waals surface area (Å²) in [5.41, 5.74) is 0.703. The second kappa shape index (κ2) is 7.90. The molecular weight excluding hydrogens is 407 g/mol. The van der Waals surface area contributed by atoms with E-state index >= 15 is 0 Å². The standard InChI is InChI=1S/C19H17ClF3N5O/c20-13-9-27(8-12-3-1-2-4-14(12)21)26-19(13)24-17(29)10-28-16(18(22)23)7-15(25-28)11-5-6-11/h1-4,7,9,11,18H,5-6,8,10H2,(H,24,26,29). The zero-order chi connectivity index (χ0) is 20.5. The van der Waals surface area contributed by atoms with Crippen LogP contribution in [0.25, 0.3) is 0 Å². The van der Waals surface area contributed by atoms with Crippen LogP contribution in [-0.4, -0.2) is 25.5 Å². The molecule has 0 radical (unpaired) electrons. The maximum atomic E-state index is 13.8. The molecule has 2 aromatic heterocycles. The highest BCUT2D eigenvalue weighted by atomic mass is 35.5. The summed E-state index contributed by atoms with van der Waals surface area (Å²) in [5.74, 6) is -0.703. The van der Waals surface area contributed by atoms with Gasteiger partial charge in [0.15, 0.2) is 5.82 Å². The minimum Gasteiger partial charge on any atom is -0.306 e. The first-order chi connectivity index (χ1) is 13.9. The molecule has 1 aliphatic carbocycles. The molecule has 1 saturated carbocycles. The fourth-order valence-corrected chi connectivity index (χ4v) is 3.20. The Hall–Kier alpha value is -2.81. The first-order valence-corrected chi connectivity index (χ1v) is 9.40. The molecule has 0 spiro atoms. The van der Waals surface area contributed by atoms with E-state index in [1.54, 1.807) is 18.2 Å². The fourth-order valence-electron chi connectivity index (χ4n) is 3.00. The van der Waals surface area contributed by atoms with E-state index in [0.717, 1.165) is 17.5 Å². The minimum absolute atomic E-state index is 0.0705. The summed E-state index contributed by atoms with van der Waals surface area (Å²) in [4.78, 5) is 12.3. The summed E-state index contributed by atoms with van der Waals surface area (Å²) in [6.45, 7) is -0.259. The molecule has 1 amide bonds. The third kappa shape index (κ3) is 4.45. The van der Waals surface area contributed by atoms with Gasteiger partial charge in [-0.3, -0.25) is 14.2 Å². The Morgan fingerprint density at radius 3 is 2.72 bits per heavy atom. The number of halogens is 4. The summed E-state index contributed by atoms with van der Waals surface area (Å²) in [6.07, 6.45) is 0.557. The summed E-state index contributed by atoms with van der Waals surface area (Å²) in [7, 11) is 0. The van der Waals surface area contributed by atoms with Gasteiger partial charge in [-0.2, -0.15) is 10.2 Å². The van der Waals surface area contributed by atoms with Crippen molar-refractivity contribution in [2.75, 3.05) is 5.32 Å². The Bertz CT molecular complexity index is 1040. The number of alkyl halides is 2. The lowest BCUT2D eigenvalue weighted by Gasteiger charge is -2.07. The molecule has 0 unspecified atom stereocenters. The molecule has 1 fully saturated rings. The van der Waals surface area contributed by atoms with Crippen molar-refractivity contribution < 1.29 is 18.0 Å². The van der Waals surface area contributed by atoms with Gasteiger partial charge in [0.05, 0.1) is 12.2 Å². The van der Waals surface area contributed by atoms with Crippen LogP contribution in [0.15, 0.2) is 36.5 Å². The second-order valence-electron chi connectivity index (χ2n) is 6.89. The van der Waals surface area contributed by atoms with Gasteiger partial charge < -0.3 is 5.32 Å². The van der Waals surface area contributed by atoms with Crippen molar-refractivity contribution in [3.05, 3.63) is 64.3 Å². The predicted molar refractivity (Wildman–Crippen MR) is 101 cm³/mol. The molecule has 0 atom stereocenters. The summed E-state index contributed by atoms with van der Waals surface area (Å²) in [5, 5.41) is 10.9.